The molecule has 1 aliphatic heterocycles. The number of benzene rings is 1. The van der Waals surface area contributed by atoms with Crippen molar-refractivity contribution in [3.05, 3.63) is 64.5 Å². The van der Waals surface area contributed by atoms with Crippen LogP contribution in [0.25, 0.3) is 17.0 Å². The van der Waals surface area contributed by atoms with Crippen molar-refractivity contribution in [1.29, 1.82) is 0 Å². The average molecular weight is 447 g/mol. The minimum Gasteiger partial charge on any atom is -0.336 e. The third-order valence-electron chi connectivity index (χ3n) is 5.86. The molecule has 0 unspecified atom stereocenters. The second-order valence-corrected chi connectivity index (χ2v) is 9.99. The lowest BCUT2D eigenvalue weighted by Crippen LogP contribution is -2.49. The highest BCUT2D eigenvalue weighted by molar-refractivity contribution is 7.12. The molecule has 5 rings (SSSR count). The van der Waals surface area contributed by atoms with Crippen LogP contribution in [0.15, 0.2) is 54.0 Å². The van der Waals surface area contributed by atoms with Crippen LogP contribution in [0.4, 0.5) is 5.95 Å². The number of hydrogen-bond donors (Lipinski definition) is 0. The van der Waals surface area contributed by atoms with Crippen LogP contribution in [0.5, 0.6) is 0 Å². The second kappa shape index (κ2) is 8.02. The van der Waals surface area contributed by atoms with Gasteiger partial charge in [0, 0.05) is 37.9 Å². The first-order chi connectivity index (χ1) is 15.4. The molecule has 8 heteroatoms. The number of thiophene rings is 1. The van der Waals surface area contributed by atoms with Crippen molar-refractivity contribution in [2.45, 2.75) is 26.2 Å². The molecule has 0 spiro atoms. The first-order valence-electron chi connectivity index (χ1n) is 10.8. The smallest absolute Gasteiger partial charge is 0.264 e. The Morgan fingerprint density at radius 1 is 1.00 bits per heavy atom. The number of fused-ring (bicyclic) bond motifs is 1. The molecule has 32 heavy (non-hydrogen) atoms. The molecule has 1 saturated heterocycles. The number of amides is 1. The summed E-state index contributed by atoms with van der Waals surface area (Å²) in [5.41, 5.74) is 3.44. The van der Waals surface area contributed by atoms with Crippen molar-refractivity contribution in [3.8, 4) is 11.3 Å². The number of carbonyl (C=O) groups excluding carboxylic acids is 1. The van der Waals surface area contributed by atoms with Gasteiger partial charge in [-0.2, -0.15) is 9.50 Å². The third kappa shape index (κ3) is 3.86. The summed E-state index contributed by atoms with van der Waals surface area (Å²) in [6, 6.07) is 14.4. The number of anilines is 1. The quantitative estimate of drug-likeness (QED) is 0.474. The summed E-state index contributed by atoms with van der Waals surface area (Å²) in [5.74, 6) is 1.33. The van der Waals surface area contributed by atoms with E-state index in [-0.39, 0.29) is 11.3 Å². The van der Waals surface area contributed by atoms with Gasteiger partial charge >= 0.3 is 0 Å². The van der Waals surface area contributed by atoms with Gasteiger partial charge in [0.15, 0.2) is 0 Å². The van der Waals surface area contributed by atoms with E-state index in [1.807, 2.05) is 33.0 Å². The Bertz CT molecular complexity index is 1230. The van der Waals surface area contributed by atoms with Crippen molar-refractivity contribution < 1.29 is 4.79 Å². The Kier molecular flexibility index (Phi) is 5.17. The van der Waals surface area contributed by atoms with Crippen LogP contribution >= 0.6 is 11.3 Å². The normalized spacial score (nSPS) is 14.8. The predicted molar refractivity (Wildman–Crippen MR) is 127 cm³/mol. The Morgan fingerprint density at radius 3 is 2.41 bits per heavy atom. The summed E-state index contributed by atoms with van der Waals surface area (Å²) >= 11 is 1.49. The number of rotatable bonds is 3. The largest absolute Gasteiger partial charge is 0.336 e. The molecule has 3 aromatic heterocycles. The zero-order chi connectivity index (χ0) is 22.3. The van der Waals surface area contributed by atoms with E-state index in [4.69, 9.17) is 5.10 Å². The molecular formula is C24H26N6OS. The van der Waals surface area contributed by atoms with Gasteiger partial charge in [0.25, 0.3) is 11.7 Å². The fourth-order valence-corrected chi connectivity index (χ4v) is 4.63. The van der Waals surface area contributed by atoms with Crippen LogP contribution in [0, 0.1) is 0 Å². The maximum absolute atomic E-state index is 12.6. The summed E-state index contributed by atoms with van der Waals surface area (Å²) in [4.78, 5) is 26.5. The number of carbonyl (C=O) groups is 1. The van der Waals surface area contributed by atoms with Gasteiger partial charge in [-0.3, -0.25) is 4.79 Å². The summed E-state index contributed by atoms with van der Waals surface area (Å²) in [5, 5.41) is 6.71. The average Bonchev–Trinajstić information content (AvgIpc) is 3.48. The fraction of sp³-hybridized carbons (Fsp3) is 0.333. The lowest BCUT2D eigenvalue weighted by molar-refractivity contribution is 0.0751. The van der Waals surface area contributed by atoms with Crippen LogP contribution in [-0.2, 0) is 5.41 Å². The van der Waals surface area contributed by atoms with Crippen LogP contribution in [0.3, 0.4) is 0 Å². The molecule has 1 aromatic carbocycles. The van der Waals surface area contributed by atoms with E-state index in [1.165, 1.54) is 16.9 Å². The van der Waals surface area contributed by atoms with Crippen molar-refractivity contribution in [3.63, 3.8) is 0 Å². The van der Waals surface area contributed by atoms with Crippen molar-refractivity contribution in [1.82, 2.24) is 24.5 Å². The zero-order valence-corrected chi connectivity index (χ0v) is 19.3. The molecule has 1 fully saturated rings. The molecule has 4 aromatic rings. The zero-order valence-electron chi connectivity index (χ0n) is 18.5. The Morgan fingerprint density at radius 2 is 1.75 bits per heavy atom. The molecule has 0 radical (unpaired) electrons. The standard InChI is InChI=1S/C24H26N6OS/c1-24(2,3)18-8-6-17(7-9-18)19-10-11-25-22-26-23(27-30(19)22)29-14-12-28(13-15-29)21(31)20-5-4-16-32-20/h4-11,16H,12-15H2,1-3H3. The topological polar surface area (TPSA) is 66.6 Å². The Labute approximate surface area is 191 Å². The lowest BCUT2D eigenvalue weighted by atomic mass is 9.86. The molecule has 0 atom stereocenters. The summed E-state index contributed by atoms with van der Waals surface area (Å²) in [6.45, 7) is 9.34. The Balaban J connectivity index is 1.36. The van der Waals surface area contributed by atoms with Crippen LogP contribution in [0.2, 0.25) is 0 Å². The predicted octanol–water partition coefficient (Wildman–Crippen LogP) is 4.11. The summed E-state index contributed by atoms with van der Waals surface area (Å²) in [7, 11) is 0. The molecule has 0 saturated carbocycles. The highest BCUT2D eigenvalue weighted by Gasteiger charge is 2.25. The number of hydrogen-bond acceptors (Lipinski definition) is 6. The van der Waals surface area contributed by atoms with Gasteiger partial charge < -0.3 is 9.80 Å². The number of aromatic nitrogens is 4. The molecule has 1 amide bonds. The molecule has 164 valence electrons. The SMILES string of the molecule is CC(C)(C)c1ccc(-c2ccnc3nc(N4CCN(C(=O)c5cccs5)CC4)nn23)cc1. The first kappa shape index (κ1) is 20.6. The minimum atomic E-state index is 0.102. The van der Waals surface area contributed by atoms with Gasteiger partial charge in [-0.25, -0.2) is 4.98 Å². The van der Waals surface area contributed by atoms with Crippen molar-refractivity contribution in [2.24, 2.45) is 0 Å². The maximum Gasteiger partial charge on any atom is 0.264 e. The fourth-order valence-electron chi connectivity index (χ4n) is 3.94. The molecular weight excluding hydrogens is 420 g/mol. The van der Waals surface area contributed by atoms with Gasteiger partial charge in [-0.15, -0.1) is 16.4 Å². The second-order valence-electron chi connectivity index (χ2n) is 9.04. The van der Waals surface area contributed by atoms with E-state index >= 15 is 0 Å². The number of nitrogens with zero attached hydrogens (tertiary/aromatic N) is 6. The van der Waals surface area contributed by atoms with Gasteiger partial charge in [-0.05, 0) is 28.5 Å². The molecule has 0 aliphatic carbocycles. The highest BCUT2D eigenvalue weighted by atomic mass is 32.1. The highest BCUT2D eigenvalue weighted by Crippen LogP contribution is 2.26. The van der Waals surface area contributed by atoms with Gasteiger partial charge in [0.2, 0.25) is 5.95 Å². The first-order valence-corrected chi connectivity index (χ1v) is 11.7. The molecule has 1 aliphatic rings. The van der Waals surface area contributed by atoms with E-state index in [9.17, 15) is 4.79 Å². The summed E-state index contributed by atoms with van der Waals surface area (Å²) in [6.07, 6.45) is 1.78. The Hall–Kier alpha value is -3.26. The van der Waals surface area contributed by atoms with Crippen LogP contribution in [-0.4, -0.2) is 56.6 Å². The van der Waals surface area contributed by atoms with E-state index in [2.05, 4.69) is 59.9 Å². The summed E-state index contributed by atoms with van der Waals surface area (Å²) < 4.78 is 1.81. The van der Waals surface area contributed by atoms with Gasteiger partial charge in [-0.1, -0.05) is 51.1 Å². The third-order valence-corrected chi connectivity index (χ3v) is 6.72. The van der Waals surface area contributed by atoms with Crippen molar-refractivity contribution in [2.75, 3.05) is 31.1 Å². The van der Waals surface area contributed by atoms with Crippen molar-refractivity contribution >= 4 is 29.0 Å². The molecule has 7 nitrogen and oxygen atoms in total. The molecule has 4 heterocycles. The number of piperazine rings is 1. The lowest BCUT2D eigenvalue weighted by Gasteiger charge is -2.33. The van der Waals surface area contributed by atoms with Gasteiger partial charge in [0.1, 0.15) is 0 Å². The monoisotopic (exact) mass is 446 g/mol. The van der Waals surface area contributed by atoms with Gasteiger partial charge in [0.05, 0.1) is 10.6 Å². The van der Waals surface area contributed by atoms with E-state index < -0.39 is 0 Å². The molecule has 0 bridgehead atoms. The van der Waals surface area contributed by atoms with E-state index in [0.29, 0.717) is 37.9 Å². The van der Waals surface area contributed by atoms with E-state index in [0.717, 1.165) is 16.1 Å². The molecule has 0 N–H and O–H groups in total. The van der Waals surface area contributed by atoms with Crippen LogP contribution in [0.1, 0.15) is 36.0 Å². The van der Waals surface area contributed by atoms with E-state index in [1.54, 1.807) is 6.20 Å². The maximum atomic E-state index is 12.6. The van der Waals surface area contributed by atoms with Crippen LogP contribution < -0.4 is 4.90 Å². The minimum absolute atomic E-state index is 0.102.